The molecule has 0 N–H and O–H groups in total. The molecule has 0 heterocycles. The molecule has 37 heavy (non-hydrogen) atoms. The molecule has 2 nitrogen and oxygen atoms in total. The van der Waals surface area contributed by atoms with Gasteiger partial charge < -0.3 is 4.74 Å². The summed E-state index contributed by atoms with van der Waals surface area (Å²) in [6.07, 6.45) is 14.3. The molecule has 2 aliphatic carbocycles. The molecular weight excluding hydrogens is 480 g/mol. The molecule has 198 valence electrons. The van der Waals surface area contributed by atoms with Crippen LogP contribution in [0.5, 0.6) is 5.75 Å². The van der Waals surface area contributed by atoms with Crippen molar-refractivity contribution in [3.05, 3.63) is 88.5 Å². The van der Waals surface area contributed by atoms with E-state index in [1.54, 1.807) is 12.2 Å². The number of hydrogen-bond donors (Lipinski definition) is 0. The van der Waals surface area contributed by atoms with Crippen LogP contribution in [0.3, 0.4) is 0 Å². The third kappa shape index (κ3) is 6.34. The van der Waals surface area contributed by atoms with Gasteiger partial charge in [-0.2, -0.15) is 0 Å². The second kappa shape index (κ2) is 12.1. The molecule has 0 aliphatic heterocycles. The van der Waals surface area contributed by atoms with Crippen LogP contribution in [0.2, 0.25) is 0 Å². The number of halogens is 4. The van der Waals surface area contributed by atoms with Crippen molar-refractivity contribution in [1.29, 1.82) is 0 Å². The Balaban J connectivity index is 1.45. The fourth-order valence-corrected chi connectivity index (χ4v) is 6.16. The van der Waals surface area contributed by atoms with Crippen LogP contribution < -0.4 is 4.74 Å². The zero-order chi connectivity index (χ0) is 26.5. The molecule has 0 radical (unpaired) electrons. The van der Waals surface area contributed by atoms with E-state index in [1.807, 2.05) is 13.8 Å². The van der Waals surface area contributed by atoms with E-state index in [0.717, 1.165) is 56.4 Å². The number of ether oxygens (including phenoxy) is 1. The van der Waals surface area contributed by atoms with Crippen molar-refractivity contribution in [3.8, 4) is 5.75 Å². The van der Waals surface area contributed by atoms with Crippen molar-refractivity contribution in [2.45, 2.75) is 71.1 Å². The van der Waals surface area contributed by atoms with Gasteiger partial charge in [0, 0.05) is 23.3 Å². The molecule has 2 saturated carbocycles. The second-order valence-corrected chi connectivity index (χ2v) is 10.3. The summed E-state index contributed by atoms with van der Waals surface area (Å²) < 4.78 is 64.1. The molecule has 0 spiro atoms. The lowest BCUT2D eigenvalue weighted by Crippen LogP contribution is -2.30. The molecule has 2 fully saturated rings. The summed E-state index contributed by atoms with van der Waals surface area (Å²) in [5.41, 5.74) is -0.421. The summed E-state index contributed by atoms with van der Waals surface area (Å²) in [5.74, 6) is -3.27. The quantitative estimate of drug-likeness (QED) is 0.160. The molecule has 4 unspecified atom stereocenters. The van der Waals surface area contributed by atoms with Gasteiger partial charge in [0.1, 0.15) is 29.0 Å². The van der Waals surface area contributed by atoms with Gasteiger partial charge in [-0.25, -0.2) is 22.4 Å². The first kappa shape index (κ1) is 27.2. The number of esters is 1. The Morgan fingerprint density at radius 1 is 0.865 bits per heavy atom. The Hall–Kier alpha value is -2.89. The monoisotopic (exact) mass is 514 g/mol. The Morgan fingerprint density at radius 3 is 2.16 bits per heavy atom. The first-order valence-electron chi connectivity index (χ1n) is 13.2. The predicted octanol–water partition coefficient (Wildman–Crippen LogP) is 8.85. The van der Waals surface area contributed by atoms with E-state index in [2.05, 4.69) is 12.2 Å². The summed E-state index contributed by atoms with van der Waals surface area (Å²) in [4.78, 5) is 12.6. The van der Waals surface area contributed by atoms with Gasteiger partial charge in [0.25, 0.3) is 0 Å². The maximum atomic E-state index is 15.1. The first-order chi connectivity index (χ1) is 17.8. The van der Waals surface area contributed by atoms with Gasteiger partial charge in [-0.3, -0.25) is 0 Å². The highest BCUT2D eigenvalue weighted by Crippen LogP contribution is 2.48. The van der Waals surface area contributed by atoms with Crippen molar-refractivity contribution < 1.29 is 27.1 Å². The van der Waals surface area contributed by atoms with Crippen LogP contribution in [-0.2, 0) is 6.42 Å². The van der Waals surface area contributed by atoms with E-state index < -0.39 is 29.2 Å². The summed E-state index contributed by atoms with van der Waals surface area (Å²) >= 11 is 0. The number of allylic oxidation sites excluding steroid dienone is 4. The maximum Gasteiger partial charge on any atom is 0.343 e. The third-order valence-corrected chi connectivity index (χ3v) is 7.96. The Labute approximate surface area is 216 Å². The van der Waals surface area contributed by atoms with Crippen molar-refractivity contribution in [2.24, 2.45) is 17.8 Å². The zero-order valence-electron chi connectivity index (χ0n) is 21.4. The van der Waals surface area contributed by atoms with Gasteiger partial charge in [0.15, 0.2) is 0 Å². The molecule has 4 atom stereocenters. The lowest BCUT2D eigenvalue weighted by Gasteiger charge is -2.42. The second-order valence-electron chi connectivity index (χ2n) is 10.3. The smallest absolute Gasteiger partial charge is 0.343 e. The number of fused-ring (bicyclic) bond motifs is 1. The molecular formula is C31H34F4O2. The van der Waals surface area contributed by atoms with Crippen LogP contribution >= 0.6 is 0 Å². The predicted molar refractivity (Wildman–Crippen MR) is 137 cm³/mol. The minimum absolute atomic E-state index is 0.0214. The summed E-state index contributed by atoms with van der Waals surface area (Å²) in [5, 5.41) is 0. The van der Waals surface area contributed by atoms with Crippen molar-refractivity contribution in [3.63, 3.8) is 0 Å². The van der Waals surface area contributed by atoms with E-state index in [-0.39, 0.29) is 34.8 Å². The highest BCUT2D eigenvalue weighted by Gasteiger charge is 2.37. The lowest BCUT2D eigenvalue weighted by atomic mass is 9.63. The molecule has 2 aliphatic rings. The van der Waals surface area contributed by atoms with Gasteiger partial charge in [0.2, 0.25) is 0 Å². The topological polar surface area (TPSA) is 26.3 Å². The summed E-state index contributed by atoms with van der Waals surface area (Å²) in [6.45, 7) is 3.85. The van der Waals surface area contributed by atoms with E-state index in [1.165, 1.54) is 0 Å². The minimum atomic E-state index is -1.07. The van der Waals surface area contributed by atoms with Crippen molar-refractivity contribution >= 4 is 5.97 Å². The summed E-state index contributed by atoms with van der Waals surface area (Å²) in [7, 11) is 0. The van der Waals surface area contributed by atoms with Gasteiger partial charge in [-0.15, -0.1) is 0 Å². The third-order valence-electron chi connectivity index (χ3n) is 7.96. The zero-order valence-corrected chi connectivity index (χ0v) is 21.4. The molecule has 0 bridgehead atoms. The lowest BCUT2D eigenvalue weighted by molar-refractivity contribution is 0.0732. The number of carbonyl (C=O) groups excluding carboxylic acids is 1. The fourth-order valence-electron chi connectivity index (χ4n) is 6.16. The number of rotatable bonds is 7. The van der Waals surface area contributed by atoms with E-state index in [4.69, 9.17) is 4.74 Å². The average molecular weight is 515 g/mol. The maximum absolute atomic E-state index is 15.1. The molecule has 2 aromatic carbocycles. The van der Waals surface area contributed by atoms with E-state index >= 15 is 8.78 Å². The average Bonchev–Trinajstić information content (AvgIpc) is 2.85. The van der Waals surface area contributed by atoms with Crippen LogP contribution in [0.25, 0.3) is 0 Å². The van der Waals surface area contributed by atoms with Crippen LogP contribution in [0.4, 0.5) is 17.6 Å². The van der Waals surface area contributed by atoms with Gasteiger partial charge >= 0.3 is 5.97 Å². The SMILES string of the molecule is C/C=C/CCc1c(F)cc(OC(=O)c2cc(F)c(C3CCC4CC(/C=C/C)CCC4C3)c(F)c2)cc1F. The molecule has 6 heteroatoms. The minimum Gasteiger partial charge on any atom is -0.423 e. The molecule has 0 aromatic heterocycles. The van der Waals surface area contributed by atoms with Crippen LogP contribution in [0, 0.1) is 41.0 Å². The molecule has 2 aromatic rings. The largest absolute Gasteiger partial charge is 0.423 e. The van der Waals surface area contributed by atoms with Gasteiger partial charge in [-0.1, -0.05) is 24.3 Å². The van der Waals surface area contributed by atoms with E-state index in [9.17, 15) is 13.6 Å². The van der Waals surface area contributed by atoms with Crippen LogP contribution in [0.1, 0.15) is 86.2 Å². The number of hydrogen-bond acceptors (Lipinski definition) is 2. The standard InChI is InChI=1S/C31H34F4O2/c1-3-5-6-8-25-26(32)17-24(18-27(25)33)37-31(36)23-15-28(34)30(29(35)16-23)22-12-11-20-13-19(7-4-2)9-10-21(20)14-22/h3-5,7,15-22H,6,8-14H2,1-2H3/b5-3+,7-4+. The number of carbonyl (C=O) groups is 1. The Bertz CT molecular complexity index is 1140. The fraction of sp³-hybridized carbons (Fsp3) is 0.452. The van der Waals surface area contributed by atoms with Gasteiger partial charge in [-0.05, 0) is 101 Å². The Kier molecular flexibility index (Phi) is 8.88. The summed E-state index contributed by atoms with van der Waals surface area (Å²) in [6, 6.07) is 3.76. The first-order valence-corrected chi connectivity index (χ1v) is 13.2. The van der Waals surface area contributed by atoms with Crippen molar-refractivity contribution in [2.75, 3.05) is 0 Å². The number of benzene rings is 2. The molecule has 4 rings (SSSR count). The highest BCUT2D eigenvalue weighted by atomic mass is 19.1. The normalized spacial score (nSPS) is 23.9. The molecule has 0 amide bonds. The van der Waals surface area contributed by atoms with Crippen LogP contribution in [-0.4, -0.2) is 5.97 Å². The van der Waals surface area contributed by atoms with E-state index in [0.29, 0.717) is 30.6 Å². The van der Waals surface area contributed by atoms with Crippen LogP contribution in [0.15, 0.2) is 48.6 Å². The van der Waals surface area contributed by atoms with Crippen molar-refractivity contribution in [1.82, 2.24) is 0 Å². The molecule has 0 saturated heterocycles. The Morgan fingerprint density at radius 2 is 1.51 bits per heavy atom. The van der Waals surface area contributed by atoms with Gasteiger partial charge in [0.05, 0.1) is 5.56 Å². The highest BCUT2D eigenvalue weighted by molar-refractivity contribution is 5.91.